The summed E-state index contributed by atoms with van der Waals surface area (Å²) < 4.78 is 3.34. The first-order chi connectivity index (χ1) is 7.21. The van der Waals surface area contributed by atoms with Gasteiger partial charge in [0.1, 0.15) is 0 Å². The molecule has 1 rings (SSSR count). The van der Waals surface area contributed by atoms with Crippen LogP contribution in [0.4, 0.5) is 0 Å². The predicted octanol–water partition coefficient (Wildman–Crippen LogP) is 2.36. The van der Waals surface area contributed by atoms with E-state index < -0.39 is 18.4 Å². The van der Waals surface area contributed by atoms with Crippen molar-refractivity contribution in [1.29, 1.82) is 0 Å². The Bertz CT molecular complexity index is 427. The molecular weight excluding hydrogens is 305 g/mol. The maximum atomic E-state index is 12.0. The van der Waals surface area contributed by atoms with E-state index in [4.69, 9.17) is 0 Å². The molecule has 1 aromatic rings. The van der Waals surface area contributed by atoms with Crippen molar-refractivity contribution in [3.05, 3.63) is 28.2 Å². The molecule has 0 aliphatic carbocycles. The molecule has 0 unspecified atom stereocenters. The van der Waals surface area contributed by atoms with Crippen LogP contribution in [-0.2, 0) is 6.54 Å². The second kappa shape index (κ2) is 4.94. The zero-order valence-corrected chi connectivity index (χ0v) is 14.1. The fourth-order valence-corrected chi connectivity index (χ4v) is 5.13. The molecule has 90 valence electrons. The summed E-state index contributed by atoms with van der Waals surface area (Å²) in [6.45, 7) is 7.05. The molecule has 3 heteroatoms. The molecule has 0 spiro atoms. The summed E-state index contributed by atoms with van der Waals surface area (Å²) in [7, 11) is 0. The molecular formula is C13H23NOSn. The van der Waals surface area contributed by atoms with Crippen LogP contribution in [-0.4, -0.2) is 22.9 Å². The summed E-state index contributed by atoms with van der Waals surface area (Å²) in [5.74, 6) is 0.516. The van der Waals surface area contributed by atoms with Crippen molar-refractivity contribution in [3.8, 4) is 0 Å². The van der Waals surface area contributed by atoms with Gasteiger partial charge in [0, 0.05) is 0 Å². The van der Waals surface area contributed by atoms with Crippen molar-refractivity contribution in [1.82, 2.24) is 4.57 Å². The van der Waals surface area contributed by atoms with Crippen LogP contribution in [0.1, 0.15) is 19.4 Å². The van der Waals surface area contributed by atoms with E-state index in [2.05, 4.69) is 40.9 Å². The van der Waals surface area contributed by atoms with E-state index in [-0.39, 0.29) is 5.56 Å². The SMILES string of the molecule is Cc1c[c]([Sn]([CH3])([CH3])[CH3])cn(CC(C)C)c1=O. The zero-order valence-electron chi connectivity index (χ0n) is 11.3. The minimum atomic E-state index is -2.06. The van der Waals surface area contributed by atoms with Crippen molar-refractivity contribution >= 4 is 22.0 Å². The van der Waals surface area contributed by atoms with Gasteiger partial charge in [-0.25, -0.2) is 0 Å². The van der Waals surface area contributed by atoms with Gasteiger partial charge >= 0.3 is 103 Å². The van der Waals surface area contributed by atoms with Crippen molar-refractivity contribution in [2.24, 2.45) is 5.92 Å². The molecule has 0 fully saturated rings. The van der Waals surface area contributed by atoms with Crippen LogP contribution >= 0.6 is 0 Å². The number of aromatic nitrogens is 1. The van der Waals surface area contributed by atoms with Gasteiger partial charge in [0.15, 0.2) is 0 Å². The van der Waals surface area contributed by atoms with Gasteiger partial charge in [0.05, 0.1) is 0 Å². The summed E-state index contributed by atoms with van der Waals surface area (Å²) >= 11 is -2.06. The van der Waals surface area contributed by atoms with Gasteiger partial charge in [-0.3, -0.25) is 0 Å². The van der Waals surface area contributed by atoms with Crippen molar-refractivity contribution in [2.45, 2.75) is 42.1 Å². The Labute approximate surface area is 103 Å². The van der Waals surface area contributed by atoms with Crippen molar-refractivity contribution < 1.29 is 0 Å². The molecule has 0 atom stereocenters. The number of hydrogen-bond acceptors (Lipinski definition) is 1. The van der Waals surface area contributed by atoms with Gasteiger partial charge in [-0.1, -0.05) is 0 Å². The molecule has 0 amide bonds. The summed E-state index contributed by atoms with van der Waals surface area (Å²) in [4.78, 5) is 19.1. The zero-order chi connectivity index (χ0) is 12.5. The Kier molecular flexibility index (Phi) is 4.27. The average molecular weight is 328 g/mol. The van der Waals surface area contributed by atoms with E-state index in [0.717, 1.165) is 12.1 Å². The van der Waals surface area contributed by atoms with Gasteiger partial charge in [-0.2, -0.15) is 0 Å². The molecule has 1 aromatic heterocycles. The van der Waals surface area contributed by atoms with Crippen LogP contribution in [0.15, 0.2) is 17.1 Å². The molecule has 1 heterocycles. The number of pyridine rings is 1. The second-order valence-corrected chi connectivity index (χ2v) is 20.5. The Morgan fingerprint density at radius 3 is 2.31 bits per heavy atom. The van der Waals surface area contributed by atoms with Crippen LogP contribution < -0.4 is 9.14 Å². The molecule has 0 saturated carbocycles. The van der Waals surface area contributed by atoms with Crippen LogP contribution in [0, 0.1) is 12.8 Å². The summed E-state index contributed by atoms with van der Waals surface area (Å²) in [6, 6.07) is 2.11. The Morgan fingerprint density at radius 1 is 1.31 bits per heavy atom. The molecule has 0 N–H and O–H groups in total. The normalized spacial score (nSPS) is 12.2. The number of nitrogens with zero attached hydrogens (tertiary/aromatic N) is 1. The average Bonchev–Trinajstić information content (AvgIpc) is 2.10. The second-order valence-electron chi connectivity index (χ2n) is 6.01. The third-order valence-electron chi connectivity index (χ3n) is 2.69. The van der Waals surface area contributed by atoms with E-state index in [1.807, 2.05) is 11.5 Å². The van der Waals surface area contributed by atoms with Crippen LogP contribution in [0.25, 0.3) is 0 Å². The standard InChI is InChI=1S/C10H14NO.3CH3.Sn/c1-8(2)7-11-6-4-5-9(3)10(11)12;;;;/h5-6,8H,7H2,1-3H3;3*1H3;. The van der Waals surface area contributed by atoms with E-state index >= 15 is 0 Å². The molecule has 0 bridgehead atoms. The van der Waals surface area contributed by atoms with E-state index in [1.165, 1.54) is 3.58 Å². The summed E-state index contributed by atoms with van der Waals surface area (Å²) in [6.07, 6.45) is 2.10. The number of aryl methyl sites for hydroxylation is 1. The first-order valence-electron chi connectivity index (χ1n) is 5.93. The van der Waals surface area contributed by atoms with E-state index in [9.17, 15) is 4.79 Å². The van der Waals surface area contributed by atoms with Gasteiger partial charge in [0.2, 0.25) is 0 Å². The van der Waals surface area contributed by atoms with Crippen LogP contribution in [0.3, 0.4) is 0 Å². The summed E-state index contributed by atoms with van der Waals surface area (Å²) in [5, 5.41) is 0. The van der Waals surface area contributed by atoms with Gasteiger partial charge in [-0.15, -0.1) is 0 Å². The Balaban J connectivity index is 3.28. The molecule has 0 saturated heterocycles. The van der Waals surface area contributed by atoms with Crippen LogP contribution in [0.2, 0.25) is 14.8 Å². The summed E-state index contributed by atoms with van der Waals surface area (Å²) in [5.41, 5.74) is 1.07. The molecule has 0 aliphatic heterocycles. The van der Waals surface area contributed by atoms with Gasteiger partial charge in [0.25, 0.3) is 0 Å². The van der Waals surface area contributed by atoms with Gasteiger partial charge in [-0.05, 0) is 0 Å². The molecule has 2 nitrogen and oxygen atoms in total. The predicted molar refractivity (Wildman–Crippen MR) is 73.3 cm³/mol. The van der Waals surface area contributed by atoms with E-state index in [0.29, 0.717) is 5.92 Å². The Hall–Kier alpha value is -0.251. The molecule has 0 aliphatic rings. The molecule has 0 radical (unpaired) electrons. The van der Waals surface area contributed by atoms with E-state index in [1.54, 1.807) is 0 Å². The third-order valence-corrected chi connectivity index (χ3v) is 8.42. The molecule has 16 heavy (non-hydrogen) atoms. The van der Waals surface area contributed by atoms with Crippen molar-refractivity contribution in [3.63, 3.8) is 0 Å². The molecule has 0 aromatic carbocycles. The van der Waals surface area contributed by atoms with Gasteiger partial charge < -0.3 is 0 Å². The Morgan fingerprint density at radius 2 is 1.88 bits per heavy atom. The number of hydrogen-bond donors (Lipinski definition) is 0. The number of rotatable bonds is 3. The minimum absolute atomic E-state index is 0.174. The fourth-order valence-electron chi connectivity index (χ4n) is 1.72. The quantitative estimate of drug-likeness (QED) is 0.781. The monoisotopic (exact) mass is 329 g/mol. The van der Waals surface area contributed by atoms with Crippen LogP contribution in [0.5, 0.6) is 0 Å². The first-order valence-corrected chi connectivity index (χ1v) is 15.9. The third kappa shape index (κ3) is 3.37. The topological polar surface area (TPSA) is 22.0 Å². The maximum absolute atomic E-state index is 12.0. The first kappa shape index (κ1) is 13.8. The van der Waals surface area contributed by atoms with Crippen molar-refractivity contribution in [2.75, 3.05) is 0 Å². The fraction of sp³-hybridized carbons (Fsp3) is 0.615.